The molecule has 0 saturated carbocycles. The third-order valence-electron chi connectivity index (χ3n) is 7.65. The lowest BCUT2D eigenvalue weighted by molar-refractivity contribution is 0.0332. The zero-order valence-electron chi connectivity index (χ0n) is 22.1. The molecule has 198 valence electrons. The second kappa shape index (κ2) is 10.3. The van der Waals surface area contributed by atoms with Crippen LogP contribution in [-0.4, -0.2) is 69.0 Å². The van der Waals surface area contributed by atoms with Crippen molar-refractivity contribution in [3.05, 3.63) is 36.3 Å². The molecular weight excluding hydrogens is 470 g/mol. The van der Waals surface area contributed by atoms with Gasteiger partial charge in [-0.15, -0.1) is 0 Å². The van der Waals surface area contributed by atoms with Crippen LogP contribution in [-0.2, 0) is 4.74 Å². The van der Waals surface area contributed by atoms with Gasteiger partial charge in [-0.1, -0.05) is 20.8 Å². The Balaban J connectivity index is 1.40. The fraction of sp³-hybridized carbons (Fsp3) is 0.556. The van der Waals surface area contributed by atoms with Crippen LogP contribution in [0, 0.1) is 5.41 Å². The Morgan fingerprint density at radius 2 is 2.14 bits per heavy atom. The minimum absolute atomic E-state index is 0.0455. The maximum Gasteiger partial charge on any atom is 0.253 e. The van der Waals surface area contributed by atoms with Crippen LogP contribution in [0.15, 0.2) is 30.7 Å². The number of fused-ring (bicyclic) bond motifs is 1. The minimum atomic E-state index is -0.332. The van der Waals surface area contributed by atoms with Crippen LogP contribution in [0.3, 0.4) is 0 Å². The van der Waals surface area contributed by atoms with Crippen molar-refractivity contribution in [3.8, 4) is 0 Å². The lowest BCUT2D eigenvalue weighted by Crippen LogP contribution is -2.49. The summed E-state index contributed by atoms with van der Waals surface area (Å²) in [4.78, 5) is 29.0. The SMILES string of the molecule is CCC(C)n1cc(C(=O)NC2CCOC2)c2cnc(Nc3ccnc(N4CCC(O)C(C)(C)C4)n3)cc21. The molecule has 0 bridgehead atoms. The minimum Gasteiger partial charge on any atom is -0.392 e. The van der Waals surface area contributed by atoms with E-state index in [0.29, 0.717) is 55.9 Å². The average Bonchev–Trinajstić information content (AvgIpc) is 3.53. The fourth-order valence-corrected chi connectivity index (χ4v) is 5.08. The van der Waals surface area contributed by atoms with E-state index >= 15 is 0 Å². The molecule has 0 radical (unpaired) electrons. The number of nitrogens with one attached hydrogen (secondary N) is 2. The number of carbonyl (C=O) groups is 1. The van der Waals surface area contributed by atoms with Gasteiger partial charge >= 0.3 is 0 Å². The first-order chi connectivity index (χ1) is 17.7. The van der Waals surface area contributed by atoms with E-state index in [0.717, 1.165) is 23.7 Å². The number of piperidine rings is 1. The summed E-state index contributed by atoms with van der Waals surface area (Å²) in [5.41, 5.74) is 1.34. The number of anilines is 3. The molecule has 0 spiro atoms. The molecule has 2 fully saturated rings. The summed E-state index contributed by atoms with van der Waals surface area (Å²) in [5.74, 6) is 1.82. The molecule has 3 aromatic heterocycles. The van der Waals surface area contributed by atoms with Gasteiger partial charge in [-0.2, -0.15) is 4.98 Å². The number of hydrogen-bond donors (Lipinski definition) is 3. The highest BCUT2D eigenvalue weighted by Gasteiger charge is 2.35. The van der Waals surface area contributed by atoms with E-state index in [2.05, 4.69) is 57.8 Å². The van der Waals surface area contributed by atoms with E-state index in [1.54, 1.807) is 12.4 Å². The van der Waals surface area contributed by atoms with Gasteiger partial charge in [-0.3, -0.25) is 4.79 Å². The summed E-state index contributed by atoms with van der Waals surface area (Å²) in [6.07, 6.45) is 7.54. The van der Waals surface area contributed by atoms with Crippen molar-refractivity contribution in [3.63, 3.8) is 0 Å². The van der Waals surface area contributed by atoms with Crippen molar-refractivity contribution in [2.45, 2.75) is 65.1 Å². The molecule has 5 heterocycles. The van der Waals surface area contributed by atoms with Crippen molar-refractivity contribution < 1.29 is 14.6 Å². The van der Waals surface area contributed by atoms with E-state index in [-0.39, 0.29) is 29.5 Å². The molecule has 2 aliphatic rings. The van der Waals surface area contributed by atoms with E-state index in [1.807, 2.05) is 18.3 Å². The van der Waals surface area contributed by atoms with Gasteiger partial charge in [0.15, 0.2) is 0 Å². The van der Waals surface area contributed by atoms with Crippen molar-refractivity contribution in [2.75, 3.05) is 36.5 Å². The molecule has 3 aromatic rings. The smallest absolute Gasteiger partial charge is 0.253 e. The van der Waals surface area contributed by atoms with Crippen LogP contribution in [0.4, 0.5) is 17.6 Å². The first kappa shape index (κ1) is 25.4. The molecule has 2 aliphatic heterocycles. The third kappa shape index (κ3) is 5.26. The van der Waals surface area contributed by atoms with Crippen molar-refractivity contribution in [2.24, 2.45) is 5.41 Å². The normalized spacial score (nSPS) is 22.2. The molecule has 2 saturated heterocycles. The van der Waals surface area contributed by atoms with Gasteiger partial charge in [-0.05, 0) is 32.3 Å². The molecule has 0 aromatic carbocycles. The number of hydrogen-bond acceptors (Lipinski definition) is 8. The second-order valence-electron chi connectivity index (χ2n) is 10.9. The number of aromatic nitrogens is 4. The molecule has 37 heavy (non-hydrogen) atoms. The number of aliphatic hydroxyl groups excluding tert-OH is 1. The van der Waals surface area contributed by atoms with E-state index in [4.69, 9.17) is 9.72 Å². The van der Waals surface area contributed by atoms with Crippen molar-refractivity contribution in [1.29, 1.82) is 0 Å². The molecule has 3 atom stereocenters. The molecule has 10 nitrogen and oxygen atoms in total. The summed E-state index contributed by atoms with van der Waals surface area (Å²) in [7, 11) is 0. The summed E-state index contributed by atoms with van der Waals surface area (Å²) in [6.45, 7) is 11.0. The Morgan fingerprint density at radius 3 is 2.86 bits per heavy atom. The number of nitrogens with zero attached hydrogens (tertiary/aromatic N) is 5. The third-order valence-corrected chi connectivity index (χ3v) is 7.65. The lowest BCUT2D eigenvalue weighted by atomic mass is 9.81. The molecule has 0 aliphatic carbocycles. The molecule has 3 N–H and O–H groups in total. The van der Waals surface area contributed by atoms with Gasteiger partial charge in [0.05, 0.1) is 29.8 Å². The highest BCUT2D eigenvalue weighted by Crippen LogP contribution is 2.32. The Hall–Kier alpha value is -3.24. The Bertz CT molecular complexity index is 1270. The molecule has 1 amide bonds. The average molecular weight is 508 g/mol. The first-order valence-electron chi connectivity index (χ1n) is 13.2. The topological polar surface area (TPSA) is 117 Å². The highest BCUT2D eigenvalue weighted by molar-refractivity contribution is 6.07. The van der Waals surface area contributed by atoms with Crippen LogP contribution < -0.4 is 15.5 Å². The Labute approximate surface area is 217 Å². The van der Waals surface area contributed by atoms with Gasteiger partial charge in [-0.25, -0.2) is 9.97 Å². The zero-order chi connectivity index (χ0) is 26.2. The number of amides is 1. The first-order valence-corrected chi connectivity index (χ1v) is 13.2. The highest BCUT2D eigenvalue weighted by atomic mass is 16.5. The Morgan fingerprint density at radius 1 is 1.30 bits per heavy atom. The summed E-state index contributed by atoms with van der Waals surface area (Å²) >= 11 is 0. The quantitative estimate of drug-likeness (QED) is 0.444. The van der Waals surface area contributed by atoms with Crippen LogP contribution in [0.25, 0.3) is 10.9 Å². The molecule has 5 rings (SSSR count). The number of pyridine rings is 1. The van der Waals surface area contributed by atoms with Gasteiger partial charge < -0.3 is 29.9 Å². The predicted molar refractivity (Wildman–Crippen MR) is 143 cm³/mol. The number of rotatable bonds is 7. The van der Waals surface area contributed by atoms with Gasteiger partial charge in [0, 0.05) is 61.2 Å². The van der Waals surface area contributed by atoms with E-state index in [1.165, 1.54) is 0 Å². The van der Waals surface area contributed by atoms with E-state index in [9.17, 15) is 9.90 Å². The number of aliphatic hydroxyl groups is 1. The van der Waals surface area contributed by atoms with Crippen molar-refractivity contribution >= 4 is 34.4 Å². The monoisotopic (exact) mass is 507 g/mol. The molecule has 3 unspecified atom stereocenters. The summed E-state index contributed by atoms with van der Waals surface area (Å²) in [6, 6.07) is 4.05. The van der Waals surface area contributed by atoms with Crippen LogP contribution >= 0.6 is 0 Å². The predicted octanol–water partition coefficient (Wildman–Crippen LogP) is 3.66. The number of ether oxygens (including phenoxy) is 1. The maximum atomic E-state index is 13.1. The Kier molecular flexibility index (Phi) is 7.04. The molecule has 10 heteroatoms. The lowest BCUT2D eigenvalue weighted by Gasteiger charge is -2.41. The van der Waals surface area contributed by atoms with Gasteiger partial charge in [0.25, 0.3) is 5.91 Å². The van der Waals surface area contributed by atoms with Gasteiger partial charge in [0.1, 0.15) is 11.6 Å². The summed E-state index contributed by atoms with van der Waals surface area (Å²) < 4.78 is 7.56. The zero-order valence-corrected chi connectivity index (χ0v) is 22.1. The largest absolute Gasteiger partial charge is 0.392 e. The van der Waals surface area contributed by atoms with Gasteiger partial charge in [0.2, 0.25) is 5.95 Å². The fourth-order valence-electron chi connectivity index (χ4n) is 5.08. The van der Waals surface area contributed by atoms with E-state index < -0.39 is 0 Å². The van der Waals surface area contributed by atoms with Crippen molar-refractivity contribution in [1.82, 2.24) is 24.8 Å². The number of carbonyl (C=O) groups excluding carboxylic acids is 1. The maximum absolute atomic E-state index is 13.1. The van der Waals surface area contributed by atoms with Crippen LogP contribution in [0.5, 0.6) is 0 Å². The van der Waals surface area contributed by atoms with Crippen LogP contribution in [0.1, 0.15) is 63.4 Å². The second-order valence-corrected chi connectivity index (χ2v) is 10.9. The standard InChI is InChI=1S/C27H37N7O3/c1-5-17(2)34-14-20(25(36)30-18-8-11-37-15-18)19-13-29-24(12-21(19)34)31-23-6-9-28-26(32-23)33-10-7-22(35)27(3,4)16-33/h6,9,12-14,17-18,22,35H,5,7-8,10-11,15-16H2,1-4H3,(H,30,36)(H,28,29,31,32). The summed E-state index contributed by atoms with van der Waals surface area (Å²) in [5, 5.41) is 17.5. The van der Waals surface area contributed by atoms with Crippen LogP contribution in [0.2, 0.25) is 0 Å². The molecular formula is C27H37N7O3.